The van der Waals surface area contributed by atoms with Crippen molar-refractivity contribution in [3.63, 3.8) is 0 Å². The molecule has 0 unspecified atom stereocenters. The van der Waals surface area contributed by atoms with Crippen molar-refractivity contribution in [2.75, 3.05) is 5.43 Å². The first-order chi connectivity index (χ1) is 3.84. The molecule has 1 heterocycles. The van der Waals surface area contributed by atoms with Crippen molar-refractivity contribution in [2.45, 2.75) is 0 Å². The van der Waals surface area contributed by atoms with E-state index in [1.807, 2.05) is 11.4 Å². The molecular weight excluding hydrogens is 144 g/mol. The third kappa shape index (κ3) is 0.940. The molecule has 0 radical (unpaired) electrons. The van der Waals surface area contributed by atoms with E-state index in [-0.39, 0.29) is 0 Å². The van der Waals surface area contributed by atoms with Crippen LogP contribution in [0.3, 0.4) is 0 Å². The molecule has 0 aromatic carbocycles. The maximum atomic E-state index is 5.62. The van der Waals surface area contributed by atoms with E-state index >= 15 is 0 Å². The maximum absolute atomic E-state index is 5.62. The van der Waals surface area contributed by atoms with Crippen LogP contribution in [0.15, 0.2) is 11.4 Å². The number of rotatable bonds is 1. The van der Waals surface area contributed by atoms with Gasteiger partial charge in [-0.15, -0.1) is 11.3 Å². The van der Waals surface area contributed by atoms with E-state index in [2.05, 4.69) is 5.43 Å². The molecule has 0 atom stereocenters. The van der Waals surface area contributed by atoms with Gasteiger partial charge in [0, 0.05) is 0 Å². The Morgan fingerprint density at radius 1 is 1.75 bits per heavy atom. The molecule has 0 spiro atoms. The number of hydrogen-bond acceptors (Lipinski definition) is 3. The Hall–Kier alpha value is -0.250. The highest BCUT2D eigenvalue weighted by atomic mass is 35.5. The van der Waals surface area contributed by atoms with Gasteiger partial charge in [0.1, 0.15) is 4.34 Å². The molecule has 3 N–H and O–H groups in total. The van der Waals surface area contributed by atoms with Gasteiger partial charge in [0.15, 0.2) is 0 Å². The third-order valence-electron chi connectivity index (χ3n) is 0.773. The first-order valence-electron chi connectivity index (χ1n) is 2.04. The number of thiophene rings is 1. The third-order valence-corrected chi connectivity index (χ3v) is 1.94. The molecule has 2 nitrogen and oxygen atoms in total. The van der Waals surface area contributed by atoms with Gasteiger partial charge in [-0.05, 0) is 11.4 Å². The van der Waals surface area contributed by atoms with Crippen molar-refractivity contribution in [1.29, 1.82) is 0 Å². The van der Waals surface area contributed by atoms with Crippen LogP contribution in [-0.2, 0) is 0 Å². The van der Waals surface area contributed by atoms with Gasteiger partial charge in [-0.1, -0.05) is 11.6 Å². The summed E-state index contributed by atoms with van der Waals surface area (Å²) in [5.74, 6) is 5.07. The highest BCUT2D eigenvalue weighted by molar-refractivity contribution is 7.15. The first-order valence-corrected chi connectivity index (χ1v) is 3.30. The van der Waals surface area contributed by atoms with Gasteiger partial charge in [0.2, 0.25) is 0 Å². The Balaban J connectivity index is 2.92. The lowest BCUT2D eigenvalue weighted by atomic mass is 10.6. The zero-order valence-electron chi connectivity index (χ0n) is 4.02. The molecular formula is C4H5ClN2S. The molecule has 0 aliphatic carbocycles. The van der Waals surface area contributed by atoms with E-state index in [0.29, 0.717) is 4.34 Å². The fourth-order valence-corrected chi connectivity index (χ4v) is 1.25. The fourth-order valence-electron chi connectivity index (χ4n) is 0.396. The van der Waals surface area contributed by atoms with Gasteiger partial charge in [-0.25, -0.2) is 0 Å². The van der Waals surface area contributed by atoms with Crippen LogP contribution in [0.2, 0.25) is 4.34 Å². The first kappa shape index (κ1) is 5.88. The lowest BCUT2D eigenvalue weighted by Crippen LogP contribution is -2.05. The van der Waals surface area contributed by atoms with E-state index in [4.69, 9.17) is 17.4 Å². The van der Waals surface area contributed by atoms with Gasteiger partial charge < -0.3 is 5.43 Å². The number of nitrogen functional groups attached to an aromatic ring is 1. The number of nitrogens with two attached hydrogens (primary N) is 1. The van der Waals surface area contributed by atoms with Crippen molar-refractivity contribution in [3.05, 3.63) is 15.8 Å². The summed E-state index contributed by atoms with van der Waals surface area (Å²) in [5, 5.41) is 1.87. The highest BCUT2D eigenvalue weighted by Gasteiger charge is 1.94. The van der Waals surface area contributed by atoms with Crippen molar-refractivity contribution in [3.8, 4) is 0 Å². The molecule has 1 rings (SSSR count). The monoisotopic (exact) mass is 148 g/mol. The minimum atomic E-state index is 0.701. The quantitative estimate of drug-likeness (QED) is 0.470. The van der Waals surface area contributed by atoms with E-state index in [1.54, 1.807) is 0 Å². The summed E-state index contributed by atoms with van der Waals surface area (Å²) in [6.07, 6.45) is 0. The standard InChI is InChI=1S/C4H5ClN2S/c5-4-3(7-6)1-2-8-4/h1-2,7H,6H2. The minimum absolute atomic E-state index is 0.701. The maximum Gasteiger partial charge on any atom is 0.117 e. The summed E-state index contributed by atoms with van der Waals surface area (Å²) in [4.78, 5) is 0. The molecule has 4 heteroatoms. The van der Waals surface area contributed by atoms with Crippen LogP contribution in [0.4, 0.5) is 5.69 Å². The summed E-state index contributed by atoms with van der Waals surface area (Å²) in [6, 6.07) is 1.83. The molecule has 1 aromatic rings. The summed E-state index contributed by atoms with van der Waals surface area (Å²) >= 11 is 7.07. The zero-order valence-corrected chi connectivity index (χ0v) is 5.59. The molecule has 0 saturated carbocycles. The Bertz CT molecular complexity index is 174. The number of hydrogen-bond donors (Lipinski definition) is 2. The smallest absolute Gasteiger partial charge is 0.117 e. The van der Waals surface area contributed by atoms with E-state index < -0.39 is 0 Å². The van der Waals surface area contributed by atoms with Crippen molar-refractivity contribution in [1.82, 2.24) is 0 Å². The van der Waals surface area contributed by atoms with Gasteiger partial charge in [0.25, 0.3) is 0 Å². The molecule has 0 fully saturated rings. The van der Waals surface area contributed by atoms with Crippen LogP contribution in [0, 0.1) is 0 Å². The second-order valence-electron chi connectivity index (χ2n) is 1.25. The Morgan fingerprint density at radius 3 is 2.75 bits per heavy atom. The van der Waals surface area contributed by atoms with Crippen LogP contribution >= 0.6 is 22.9 Å². The summed E-state index contributed by atoms with van der Waals surface area (Å²) in [7, 11) is 0. The highest BCUT2D eigenvalue weighted by Crippen LogP contribution is 2.26. The van der Waals surface area contributed by atoms with Gasteiger partial charge in [0.05, 0.1) is 5.69 Å². The molecule has 8 heavy (non-hydrogen) atoms. The largest absolute Gasteiger partial charge is 0.322 e. The van der Waals surface area contributed by atoms with E-state index in [9.17, 15) is 0 Å². The zero-order chi connectivity index (χ0) is 5.98. The van der Waals surface area contributed by atoms with Crippen molar-refractivity contribution in [2.24, 2.45) is 5.84 Å². The molecule has 0 saturated heterocycles. The van der Waals surface area contributed by atoms with Crippen LogP contribution < -0.4 is 11.3 Å². The average molecular weight is 149 g/mol. The van der Waals surface area contributed by atoms with Gasteiger partial charge in [-0.2, -0.15) is 0 Å². The van der Waals surface area contributed by atoms with Gasteiger partial charge in [-0.3, -0.25) is 5.84 Å². The Morgan fingerprint density at radius 2 is 2.50 bits per heavy atom. The van der Waals surface area contributed by atoms with Crippen LogP contribution in [0.1, 0.15) is 0 Å². The second-order valence-corrected chi connectivity index (χ2v) is 2.77. The number of anilines is 1. The minimum Gasteiger partial charge on any atom is -0.322 e. The molecule has 1 aromatic heterocycles. The molecule has 0 aliphatic heterocycles. The molecule has 0 aliphatic rings. The Kier molecular flexibility index (Phi) is 1.73. The van der Waals surface area contributed by atoms with Crippen molar-refractivity contribution >= 4 is 28.6 Å². The van der Waals surface area contributed by atoms with E-state index in [0.717, 1.165) is 5.69 Å². The second kappa shape index (κ2) is 2.35. The van der Waals surface area contributed by atoms with Crippen molar-refractivity contribution < 1.29 is 0 Å². The molecule has 0 bridgehead atoms. The predicted octanol–water partition coefficient (Wildman–Crippen LogP) is 1.69. The lowest BCUT2D eigenvalue weighted by Gasteiger charge is -1.91. The fraction of sp³-hybridized carbons (Fsp3) is 0. The van der Waals surface area contributed by atoms with Crippen LogP contribution in [0.25, 0.3) is 0 Å². The number of halogens is 1. The predicted molar refractivity (Wildman–Crippen MR) is 37.1 cm³/mol. The molecule has 44 valence electrons. The topological polar surface area (TPSA) is 38.0 Å². The van der Waals surface area contributed by atoms with Gasteiger partial charge >= 0.3 is 0 Å². The molecule has 0 amide bonds. The summed E-state index contributed by atoms with van der Waals surface area (Å²) in [5.41, 5.74) is 3.24. The lowest BCUT2D eigenvalue weighted by molar-refractivity contribution is 1.37. The van der Waals surface area contributed by atoms with E-state index in [1.165, 1.54) is 11.3 Å². The average Bonchev–Trinajstić information content (AvgIpc) is 2.14. The van der Waals surface area contributed by atoms with Crippen LogP contribution in [0.5, 0.6) is 0 Å². The summed E-state index contributed by atoms with van der Waals surface area (Å²) < 4.78 is 0.701. The number of hydrazine groups is 1. The normalized spacial score (nSPS) is 9.25. The number of nitrogens with one attached hydrogen (secondary N) is 1. The summed E-state index contributed by atoms with van der Waals surface area (Å²) in [6.45, 7) is 0. The van der Waals surface area contributed by atoms with Crippen LogP contribution in [-0.4, -0.2) is 0 Å². The Labute approximate surface area is 56.2 Å². The SMILES string of the molecule is NNc1ccsc1Cl.